The van der Waals surface area contributed by atoms with E-state index in [9.17, 15) is 14.4 Å². The molecule has 6 heteroatoms. The molecule has 0 spiro atoms. The Bertz CT molecular complexity index is 699. The minimum absolute atomic E-state index is 0.0143. The molecule has 0 saturated carbocycles. The fraction of sp³-hybridized carbons (Fsp3) is 0.550. The largest absolute Gasteiger partial charge is 0.342 e. The third kappa shape index (κ3) is 5.07. The summed E-state index contributed by atoms with van der Waals surface area (Å²) in [7, 11) is 0. The van der Waals surface area contributed by atoms with Gasteiger partial charge in [0.05, 0.1) is 0 Å². The Labute approximate surface area is 155 Å². The molecule has 6 nitrogen and oxygen atoms in total. The predicted molar refractivity (Wildman–Crippen MR) is 103 cm³/mol. The van der Waals surface area contributed by atoms with Crippen molar-refractivity contribution in [1.29, 1.82) is 0 Å². The van der Waals surface area contributed by atoms with Crippen LogP contribution in [0.1, 0.15) is 46.1 Å². The maximum Gasteiger partial charge on any atom is 0.227 e. The van der Waals surface area contributed by atoms with E-state index in [2.05, 4.69) is 10.6 Å². The molecule has 1 aliphatic heterocycles. The van der Waals surface area contributed by atoms with Gasteiger partial charge in [-0.05, 0) is 43.5 Å². The molecule has 1 heterocycles. The molecule has 2 N–H and O–H groups in total. The lowest BCUT2D eigenvalue weighted by molar-refractivity contribution is -0.142. The summed E-state index contributed by atoms with van der Waals surface area (Å²) < 4.78 is 0. The molecule has 0 aliphatic carbocycles. The van der Waals surface area contributed by atoms with E-state index in [1.165, 1.54) is 6.92 Å². The van der Waals surface area contributed by atoms with Crippen LogP contribution in [-0.2, 0) is 14.4 Å². The number of nitrogens with one attached hydrogen (secondary N) is 2. The van der Waals surface area contributed by atoms with Crippen molar-refractivity contribution in [1.82, 2.24) is 4.90 Å². The zero-order chi connectivity index (χ0) is 19.5. The van der Waals surface area contributed by atoms with Crippen molar-refractivity contribution in [2.45, 2.75) is 47.5 Å². The van der Waals surface area contributed by atoms with E-state index < -0.39 is 0 Å². The Kier molecular flexibility index (Phi) is 6.05. The van der Waals surface area contributed by atoms with Crippen molar-refractivity contribution < 1.29 is 14.4 Å². The van der Waals surface area contributed by atoms with E-state index >= 15 is 0 Å². The molecule has 1 aromatic carbocycles. The molecular formula is C20H29N3O3. The van der Waals surface area contributed by atoms with E-state index in [4.69, 9.17) is 0 Å². The van der Waals surface area contributed by atoms with Crippen molar-refractivity contribution >= 4 is 29.1 Å². The Hall–Kier alpha value is -2.37. The molecule has 0 aromatic heterocycles. The van der Waals surface area contributed by atoms with Gasteiger partial charge in [-0.15, -0.1) is 0 Å². The minimum Gasteiger partial charge on any atom is -0.342 e. The molecule has 0 unspecified atom stereocenters. The summed E-state index contributed by atoms with van der Waals surface area (Å²) in [6, 6.07) is 5.42. The molecule has 0 bridgehead atoms. The van der Waals surface area contributed by atoms with Gasteiger partial charge in [-0.3, -0.25) is 14.4 Å². The van der Waals surface area contributed by atoms with Crippen LogP contribution in [0.15, 0.2) is 18.2 Å². The summed E-state index contributed by atoms with van der Waals surface area (Å²) in [6.45, 7) is 10.3. The number of amides is 3. The smallest absolute Gasteiger partial charge is 0.227 e. The normalized spacial score (nSPS) is 15.5. The average molecular weight is 359 g/mol. The fourth-order valence-corrected chi connectivity index (χ4v) is 3.13. The first kappa shape index (κ1) is 19.9. The van der Waals surface area contributed by atoms with Gasteiger partial charge in [0.2, 0.25) is 17.7 Å². The second-order valence-corrected chi connectivity index (χ2v) is 8.02. The molecule has 1 fully saturated rings. The molecule has 0 radical (unpaired) electrons. The average Bonchev–Trinajstić information content (AvgIpc) is 2.55. The maximum absolute atomic E-state index is 12.5. The van der Waals surface area contributed by atoms with Gasteiger partial charge in [0, 0.05) is 42.7 Å². The van der Waals surface area contributed by atoms with Gasteiger partial charge in [0.25, 0.3) is 0 Å². The van der Waals surface area contributed by atoms with Crippen LogP contribution >= 0.6 is 0 Å². The van der Waals surface area contributed by atoms with Crippen molar-refractivity contribution in [3.63, 3.8) is 0 Å². The molecule has 1 aromatic rings. The Morgan fingerprint density at radius 3 is 2.19 bits per heavy atom. The van der Waals surface area contributed by atoms with E-state index in [1.54, 1.807) is 12.1 Å². The van der Waals surface area contributed by atoms with Crippen molar-refractivity contribution in [2.24, 2.45) is 11.3 Å². The number of hydrogen-bond donors (Lipinski definition) is 2. The van der Waals surface area contributed by atoms with Crippen LogP contribution in [0, 0.1) is 18.3 Å². The lowest BCUT2D eigenvalue weighted by Gasteiger charge is -2.35. The molecule has 26 heavy (non-hydrogen) atoms. The molecule has 0 atom stereocenters. The summed E-state index contributed by atoms with van der Waals surface area (Å²) in [6.07, 6.45) is 1.35. The van der Waals surface area contributed by atoms with Crippen LogP contribution in [0.5, 0.6) is 0 Å². The Balaban J connectivity index is 1.92. The maximum atomic E-state index is 12.5. The summed E-state index contributed by atoms with van der Waals surface area (Å²) in [5.41, 5.74) is 1.96. The number of anilines is 2. The van der Waals surface area contributed by atoms with Crippen molar-refractivity contribution in [3.8, 4) is 0 Å². The van der Waals surface area contributed by atoms with Gasteiger partial charge >= 0.3 is 0 Å². The summed E-state index contributed by atoms with van der Waals surface area (Å²) in [4.78, 5) is 37.9. The quantitative estimate of drug-likeness (QED) is 0.870. The molecule has 1 saturated heterocycles. The SMILES string of the molecule is CC(=O)Nc1ccc(NC(=O)C2CCN(C(=O)C(C)(C)C)CC2)cc1C. The van der Waals surface area contributed by atoms with Crippen LogP contribution < -0.4 is 10.6 Å². The highest BCUT2D eigenvalue weighted by molar-refractivity contribution is 5.94. The van der Waals surface area contributed by atoms with E-state index in [0.29, 0.717) is 25.9 Å². The standard InChI is InChI=1S/C20H29N3O3/c1-13-12-16(6-7-17(13)21-14(2)24)22-18(25)15-8-10-23(11-9-15)19(26)20(3,4)5/h6-7,12,15H,8-11H2,1-5H3,(H,21,24)(H,22,25). The Morgan fingerprint density at radius 2 is 1.69 bits per heavy atom. The number of carbonyl (C=O) groups is 3. The van der Waals surface area contributed by atoms with E-state index in [1.807, 2.05) is 38.7 Å². The minimum atomic E-state index is -0.387. The molecule has 2 rings (SSSR count). The zero-order valence-corrected chi connectivity index (χ0v) is 16.3. The summed E-state index contributed by atoms with van der Waals surface area (Å²) >= 11 is 0. The molecule has 142 valence electrons. The second kappa shape index (κ2) is 7.89. The topological polar surface area (TPSA) is 78.5 Å². The third-order valence-electron chi connectivity index (χ3n) is 4.60. The highest BCUT2D eigenvalue weighted by Crippen LogP contribution is 2.25. The number of likely N-dealkylation sites (tertiary alicyclic amines) is 1. The summed E-state index contributed by atoms with van der Waals surface area (Å²) in [5, 5.41) is 5.71. The molecule has 3 amide bonds. The highest BCUT2D eigenvalue weighted by Gasteiger charge is 2.32. The number of benzene rings is 1. The zero-order valence-electron chi connectivity index (χ0n) is 16.3. The highest BCUT2D eigenvalue weighted by atomic mass is 16.2. The van der Waals surface area contributed by atoms with Crippen LogP contribution in [-0.4, -0.2) is 35.7 Å². The number of nitrogens with zero attached hydrogens (tertiary/aromatic N) is 1. The van der Waals surface area contributed by atoms with Crippen LogP contribution in [0.3, 0.4) is 0 Å². The number of hydrogen-bond acceptors (Lipinski definition) is 3. The predicted octanol–water partition coefficient (Wildman–Crippen LogP) is 3.18. The van der Waals surface area contributed by atoms with E-state index in [0.717, 1.165) is 16.9 Å². The Morgan fingerprint density at radius 1 is 1.08 bits per heavy atom. The first-order valence-electron chi connectivity index (χ1n) is 9.06. The number of rotatable bonds is 3. The van der Waals surface area contributed by atoms with Gasteiger partial charge in [0.15, 0.2) is 0 Å². The fourth-order valence-electron chi connectivity index (χ4n) is 3.13. The van der Waals surface area contributed by atoms with Crippen molar-refractivity contribution in [3.05, 3.63) is 23.8 Å². The summed E-state index contributed by atoms with van der Waals surface area (Å²) in [5.74, 6) is -0.0872. The third-order valence-corrected chi connectivity index (χ3v) is 4.60. The first-order chi connectivity index (χ1) is 12.1. The van der Waals surface area contributed by atoms with Crippen molar-refractivity contribution in [2.75, 3.05) is 23.7 Å². The molecule has 1 aliphatic rings. The van der Waals surface area contributed by atoms with Crippen LogP contribution in [0.2, 0.25) is 0 Å². The number of piperidine rings is 1. The van der Waals surface area contributed by atoms with E-state index in [-0.39, 0.29) is 29.1 Å². The van der Waals surface area contributed by atoms with Crippen LogP contribution in [0.25, 0.3) is 0 Å². The van der Waals surface area contributed by atoms with Gasteiger partial charge in [-0.1, -0.05) is 20.8 Å². The molecular weight excluding hydrogens is 330 g/mol. The number of aryl methyl sites for hydroxylation is 1. The number of carbonyl (C=O) groups excluding carboxylic acids is 3. The lowest BCUT2D eigenvalue weighted by atomic mass is 9.90. The van der Waals surface area contributed by atoms with Gasteiger partial charge in [0.1, 0.15) is 0 Å². The van der Waals surface area contributed by atoms with Crippen LogP contribution in [0.4, 0.5) is 11.4 Å². The van der Waals surface area contributed by atoms with Gasteiger partial charge in [-0.2, -0.15) is 0 Å². The first-order valence-corrected chi connectivity index (χ1v) is 9.06. The second-order valence-electron chi connectivity index (χ2n) is 8.02. The van der Waals surface area contributed by atoms with Gasteiger partial charge in [-0.25, -0.2) is 0 Å². The lowest BCUT2D eigenvalue weighted by Crippen LogP contribution is -2.45. The van der Waals surface area contributed by atoms with Gasteiger partial charge < -0.3 is 15.5 Å². The monoisotopic (exact) mass is 359 g/mol.